The van der Waals surface area contributed by atoms with Crippen molar-refractivity contribution >= 4 is 39.7 Å². The molecule has 3 rings (SSSR count). The lowest BCUT2D eigenvalue weighted by Gasteiger charge is -2.33. The lowest BCUT2D eigenvalue weighted by atomic mass is 10.3. The second-order valence-corrected chi connectivity index (χ2v) is 7.02. The van der Waals surface area contributed by atoms with Crippen LogP contribution in [0.5, 0.6) is 0 Å². The number of hydrogen-bond acceptors (Lipinski definition) is 6. The van der Waals surface area contributed by atoms with Crippen LogP contribution in [-0.4, -0.2) is 53.7 Å². The molecule has 0 radical (unpaired) electrons. The van der Waals surface area contributed by atoms with Crippen molar-refractivity contribution in [2.75, 3.05) is 42.9 Å². The summed E-state index contributed by atoms with van der Waals surface area (Å²) in [6.07, 6.45) is 0. The minimum atomic E-state index is -0.00691. The highest BCUT2D eigenvalue weighted by atomic mass is 35.5. The highest BCUT2D eigenvalue weighted by Crippen LogP contribution is 2.20. The maximum atomic E-state index is 12.1. The summed E-state index contributed by atoms with van der Waals surface area (Å²) in [5, 5.41) is 13.7. The van der Waals surface area contributed by atoms with E-state index >= 15 is 0 Å². The molecule has 23 heavy (non-hydrogen) atoms. The third-order valence-electron chi connectivity index (χ3n) is 3.65. The van der Waals surface area contributed by atoms with Crippen LogP contribution >= 0.6 is 22.9 Å². The zero-order valence-corrected chi connectivity index (χ0v) is 14.4. The maximum absolute atomic E-state index is 12.1. The van der Waals surface area contributed by atoms with E-state index in [9.17, 15) is 4.79 Å². The molecule has 1 N–H and O–H groups in total. The van der Waals surface area contributed by atoms with E-state index in [0.29, 0.717) is 11.6 Å². The highest BCUT2D eigenvalue weighted by Gasteiger charge is 2.21. The number of carbonyl (C=O) groups is 1. The predicted molar refractivity (Wildman–Crippen MR) is 93.4 cm³/mol. The Morgan fingerprint density at radius 3 is 2.52 bits per heavy atom. The molecule has 1 fully saturated rings. The fourth-order valence-corrected chi connectivity index (χ4v) is 3.31. The summed E-state index contributed by atoms with van der Waals surface area (Å²) in [4.78, 5) is 16.5. The molecule has 1 saturated heterocycles. The van der Waals surface area contributed by atoms with Crippen molar-refractivity contribution in [3.8, 4) is 0 Å². The molecule has 0 bridgehead atoms. The quantitative estimate of drug-likeness (QED) is 0.915. The first-order chi connectivity index (χ1) is 11.1. The van der Waals surface area contributed by atoms with E-state index in [-0.39, 0.29) is 5.91 Å². The van der Waals surface area contributed by atoms with Gasteiger partial charge in [-0.2, -0.15) is 0 Å². The number of halogens is 1. The molecule has 2 aromatic rings. The van der Waals surface area contributed by atoms with Gasteiger partial charge in [0, 0.05) is 36.9 Å². The molecule has 0 unspecified atom stereocenters. The third-order valence-corrected chi connectivity index (χ3v) is 4.80. The van der Waals surface area contributed by atoms with Gasteiger partial charge in [-0.1, -0.05) is 22.9 Å². The van der Waals surface area contributed by atoms with Crippen molar-refractivity contribution in [3.63, 3.8) is 0 Å². The second kappa shape index (κ2) is 7.25. The molecule has 0 spiro atoms. The van der Waals surface area contributed by atoms with Crippen molar-refractivity contribution in [2.24, 2.45) is 0 Å². The van der Waals surface area contributed by atoms with Crippen molar-refractivity contribution in [3.05, 3.63) is 34.3 Å². The zero-order chi connectivity index (χ0) is 16.2. The molecule has 1 amide bonds. The van der Waals surface area contributed by atoms with Gasteiger partial charge in [0.1, 0.15) is 5.01 Å². The number of hydrogen-bond donors (Lipinski definition) is 1. The predicted octanol–water partition coefficient (Wildman–Crippen LogP) is 2.26. The number of rotatable bonds is 4. The Bertz CT molecular complexity index is 667. The summed E-state index contributed by atoms with van der Waals surface area (Å²) in [6.45, 7) is 5.76. The Morgan fingerprint density at radius 2 is 1.91 bits per heavy atom. The van der Waals surface area contributed by atoms with Crippen LogP contribution in [0.15, 0.2) is 24.3 Å². The maximum Gasteiger partial charge on any atom is 0.238 e. The van der Waals surface area contributed by atoms with Gasteiger partial charge in [-0.3, -0.25) is 9.69 Å². The Morgan fingerprint density at radius 1 is 1.22 bits per heavy atom. The third kappa shape index (κ3) is 4.40. The van der Waals surface area contributed by atoms with Gasteiger partial charge in [-0.15, -0.1) is 10.2 Å². The van der Waals surface area contributed by atoms with Crippen molar-refractivity contribution in [1.29, 1.82) is 0 Å². The number of amides is 1. The van der Waals surface area contributed by atoms with Crippen LogP contribution < -0.4 is 10.2 Å². The molecular formula is C15H18ClN5OS. The van der Waals surface area contributed by atoms with Crippen molar-refractivity contribution in [1.82, 2.24) is 15.1 Å². The number of benzene rings is 1. The molecule has 0 aliphatic carbocycles. The normalized spacial score (nSPS) is 15.7. The first-order valence-corrected chi connectivity index (χ1v) is 8.62. The van der Waals surface area contributed by atoms with Crippen LogP contribution in [-0.2, 0) is 4.79 Å². The largest absolute Gasteiger partial charge is 0.344 e. The standard InChI is InChI=1S/C15H18ClN5OS/c1-11-18-19-15(23-11)21-8-6-20(7-9-21)10-14(22)17-13-4-2-12(16)3-5-13/h2-5H,6-10H2,1H3,(H,17,22). The lowest BCUT2D eigenvalue weighted by molar-refractivity contribution is -0.117. The molecule has 2 heterocycles. The molecule has 122 valence electrons. The fraction of sp³-hybridized carbons (Fsp3) is 0.400. The molecular weight excluding hydrogens is 334 g/mol. The van der Waals surface area contributed by atoms with Gasteiger partial charge in [-0.25, -0.2) is 0 Å². The Balaban J connectivity index is 1.46. The van der Waals surface area contributed by atoms with Gasteiger partial charge in [0.25, 0.3) is 0 Å². The van der Waals surface area contributed by atoms with Crippen LogP contribution in [0.3, 0.4) is 0 Å². The lowest BCUT2D eigenvalue weighted by Crippen LogP contribution is -2.48. The van der Waals surface area contributed by atoms with Crippen molar-refractivity contribution in [2.45, 2.75) is 6.92 Å². The van der Waals surface area contributed by atoms with E-state index in [4.69, 9.17) is 11.6 Å². The molecule has 1 aromatic heterocycles. The van der Waals surface area contributed by atoms with Crippen LogP contribution in [0.4, 0.5) is 10.8 Å². The van der Waals surface area contributed by atoms with Gasteiger partial charge >= 0.3 is 0 Å². The van der Waals surface area contributed by atoms with Crippen LogP contribution in [0.2, 0.25) is 5.02 Å². The Hall–Kier alpha value is -1.70. The number of aryl methyl sites for hydroxylation is 1. The summed E-state index contributed by atoms with van der Waals surface area (Å²) in [5.41, 5.74) is 0.766. The van der Waals surface area contributed by atoms with Crippen LogP contribution in [0.1, 0.15) is 5.01 Å². The van der Waals surface area contributed by atoms with E-state index in [1.165, 1.54) is 0 Å². The minimum absolute atomic E-state index is 0.00691. The zero-order valence-electron chi connectivity index (χ0n) is 12.8. The summed E-state index contributed by atoms with van der Waals surface area (Å²) in [6, 6.07) is 7.13. The molecule has 0 atom stereocenters. The number of anilines is 2. The van der Waals surface area contributed by atoms with E-state index in [1.807, 2.05) is 6.92 Å². The van der Waals surface area contributed by atoms with Gasteiger partial charge in [-0.05, 0) is 31.2 Å². The second-order valence-electron chi connectivity index (χ2n) is 5.42. The average Bonchev–Trinajstić information content (AvgIpc) is 2.97. The topological polar surface area (TPSA) is 61.4 Å². The summed E-state index contributed by atoms with van der Waals surface area (Å²) in [7, 11) is 0. The minimum Gasteiger partial charge on any atom is -0.344 e. The van der Waals surface area contributed by atoms with Gasteiger partial charge in [0.2, 0.25) is 11.0 Å². The molecule has 1 aliphatic heterocycles. The number of piperazine rings is 1. The van der Waals surface area contributed by atoms with E-state index in [0.717, 1.165) is 42.0 Å². The molecule has 0 saturated carbocycles. The van der Waals surface area contributed by atoms with Crippen LogP contribution in [0, 0.1) is 6.92 Å². The first kappa shape index (κ1) is 16.2. The van der Waals surface area contributed by atoms with Gasteiger partial charge < -0.3 is 10.2 Å². The Kier molecular flexibility index (Phi) is 5.09. The summed E-state index contributed by atoms with van der Waals surface area (Å²) >= 11 is 7.44. The fourth-order valence-electron chi connectivity index (χ4n) is 2.45. The van der Waals surface area contributed by atoms with Gasteiger partial charge in [0.05, 0.1) is 6.54 Å². The average molecular weight is 352 g/mol. The molecule has 6 nitrogen and oxygen atoms in total. The Labute approximate surface area is 144 Å². The van der Waals surface area contributed by atoms with E-state index in [2.05, 4.69) is 25.3 Å². The van der Waals surface area contributed by atoms with E-state index in [1.54, 1.807) is 35.6 Å². The number of nitrogens with one attached hydrogen (secondary N) is 1. The summed E-state index contributed by atoms with van der Waals surface area (Å²) in [5.74, 6) is -0.00691. The molecule has 1 aliphatic rings. The molecule has 1 aromatic carbocycles. The SMILES string of the molecule is Cc1nnc(N2CCN(CC(=O)Nc3ccc(Cl)cc3)CC2)s1. The first-order valence-electron chi connectivity index (χ1n) is 7.43. The monoisotopic (exact) mass is 351 g/mol. The van der Waals surface area contributed by atoms with E-state index < -0.39 is 0 Å². The highest BCUT2D eigenvalue weighted by molar-refractivity contribution is 7.15. The summed E-state index contributed by atoms with van der Waals surface area (Å²) < 4.78 is 0. The smallest absolute Gasteiger partial charge is 0.238 e. The number of nitrogens with zero attached hydrogens (tertiary/aromatic N) is 4. The number of aromatic nitrogens is 2. The van der Waals surface area contributed by atoms with Crippen molar-refractivity contribution < 1.29 is 4.79 Å². The van der Waals surface area contributed by atoms with Gasteiger partial charge in [0.15, 0.2) is 0 Å². The van der Waals surface area contributed by atoms with Crippen LogP contribution in [0.25, 0.3) is 0 Å². The number of carbonyl (C=O) groups excluding carboxylic acids is 1. The molecule has 8 heteroatoms.